The molecule has 0 aliphatic rings. The van der Waals surface area contributed by atoms with Crippen LogP contribution in [0.3, 0.4) is 0 Å². The highest BCUT2D eigenvalue weighted by Gasteiger charge is 2.02. The number of aromatic nitrogens is 3. The van der Waals surface area contributed by atoms with Gasteiger partial charge in [0, 0.05) is 13.1 Å². The van der Waals surface area contributed by atoms with Crippen molar-refractivity contribution in [2.75, 3.05) is 13.2 Å². The fourth-order valence-electron chi connectivity index (χ4n) is 1.01. The maximum Gasteiger partial charge on any atom is 0.407 e. The van der Waals surface area contributed by atoms with Crippen molar-refractivity contribution < 1.29 is 9.53 Å². The fraction of sp³-hybridized carbons (Fsp3) is 0.500. The molecule has 1 heterocycles. The van der Waals surface area contributed by atoms with Gasteiger partial charge in [-0.1, -0.05) is 0 Å². The third-order valence-corrected chi connectivity index (χ3v) is 1.72. The molecule has 0 fully saturated rings. The quantitative estimate of drug-likeness (QED) is 0.621. The molecule has 0 radical (unpaired) electrons. The Morgan fingerprint density at radius 3 is 3.06 bits per heavy atom. The Labute approximate surface area is 90.2 Å². The molecule has 0 saturated heterocycles. The van der Waals surface area contributed by atoms with E-state index in [4.69, 9.17) is 0 Å². The molecule has 16 heavy (non-hydrogen) atoms. The average molecular weight is 228 g/mol. The minimum absolute atomic E-state index is 0.161. The molecule has 8 heteroatoms. The minimum atomic E-state index is -0.793. The van der Waals surface area contributed by atoms with Gasteiger partial charge in [-0.15, -0.1) is 0 Å². The molecule has 2 N–H and O–H groups in total. The summed E-state index contributed by atoms with van der Waals surface area (Å²) in [5.74, 6) is 0. The van der Waals surface area contributed by atoms with Crippen molar-refractivity contribution in [3.8, 4) is 0 Å². The van der Waals surface area contributed by atoms with Crippen LogP contribution in [0.1, 0.15) is 6.92 Å². The molecular formula is C8H12N4O4. The summed E-state index contributed by atoms with van der Waals surface area (Å²) in [6, 6.07) is 0. The van der Waals surface area contributed by atoms with Crippen molar-refractivity contribution in [3.05, 3.63) is 27.0 Å². The van der Waals surface area contributed by atoms with E-state index in [0.717, 1.165) is 4.57 Å². The van der Waals surface area contributed by atoms with Gasteiger partial charge in [-0.2, -0.15) is 5.10 Å². The Balaban J connectivity index is 2.50. The summed E-state index contributed by atoms with van der Waals surface area (Å²) in [7, 11) is 0. The Bertz CT molecular complexity index is 464. The van der Waals surface area contributed by atoms with Crippen LogP contribution in [-0.4, -0.2) is 34.0 Å². The SMILES string of the molecule is CCOC(=O)NCCn1cn[nH]c(=O)c1=O. The third kappa shape index (κ3) is 3.23. The van der Waals surface area contributed by atoms with Crippen molar-refractivity contribution >= 4 is 6.09 Å². The fourth-order valence-corrected chi connectivity index (χ4v) is 1.01. The number of rotatable bonds is 4. The number of aromatic amines is 1. The standard InChI is InChI=1S/C8H12N4O4/c1-2-16-8(15)9-3-4-12-5-10-11-6(13)7(12)14/h5H,2-4H2,1H3,(H,9,15)(H,11,13). The van der Waals surface area contributed by atoms with Gasteiger partial charge in [-0.3, -0.25) is 14.2 Å². The first-order chi connectivity index (χ1) is 7.65. The molecule has 0 bridgehead atoms. The lowest BCUT2D eigenvalue weighted by Crippen LogP contribution is -2.39. The van der Waals surface area contributed by atoms with E-state index in [0.29, 0.717) is 0 Å². The van der Waals surface area contributed by atoms with Gasteiger partial charge < -0.3 is 10.1 Å². The number of alkyl carbamates (subject to hydrolysis) is 1. The van der Waals surface area contributed by atoms with Gasteiger partial charge in [-0.05, 0) is 6.92 Å². The molecule has 0 aliphatic carbocycles. The summed E-state index contributed by atoms with van der Waals surface area (Å²) in [5, 5.41) is 7.89. The van der Waals surface area contributed by atoms with Crippen LogP contribution in [0.4, 0.5) is 4.79 Å². The maximum atomic E-state index is 11.2. The number of amides is 1. The van der Waals surface area contributed by atoms with E-state index >= 15 is 0 Å². The normalized spacial score (nSPS) is 9.81. The predicted octanol–water partition coefficient (Wildman–Crippen LogP) is -1.32. The van der Waals surface area contributed by atoms with Crippen LogP contribution in [0, 0.1) is 0 Å². The number of ether oxygens (including phenoxy) is 1. The van der Waals surface area contributed by atoms with Crippen molar-refractivity contribution in [3.63, 3.8) is 0 Å². The molecule has 1 amide bonds. The first kappa shape index (κ1) is 12.0. The summed E-state index contributed by atoms with van der Waals surface area (Å²) >= 11 is 0. The molecule has 0 unspecified atom stereocenters. The highest BCUT2D eigenvalue weighted by atomic mass is 16.5. The van der Waals surface area contributed by atoms with Gasteiger partial charge in [0.15, 0.2) is 0 Å². The van der Waals surface area contributed by atoms with Crippen LogP contribution >= 0.6 is 0 Å². The second-order valence-corrected chi connectivity index (χ2v) is 2.83. The van der Waals surface area contributed by atoms with Gasteiger partial charge in [0.25, 0.3) is 0 Å². The van der Waals surface area contributed by atoms with Crippen molar-refractivity contribution in [1.29, 1.82) is 0 Å². The Morgan fingerprint density at radius 2 is 2.38 bits per heavy atom. The zero-order chi connectivity index (χ0) is 12.0. The first-order valence-corrected chi connectivity index (χ1v) is 4.70. The second-order valence-electron chi connectivity index (χ2n) is 2.83. The van der Waals surface area contributed by atoms with Gasteiger partial charge >= 0.3 is 17.2 Å². The van der Waals surface area contributed by atoms with E-state index in [-0.39, 0.29) is 19.7 Å². The van der Waals surface area contributed by atoms with Crippen LogP contribution < -0.4 is 16.4 Å². The lowest BCUT2D eigenvalue weighted by atomic mass is 10.6. The molecule has 0 saturated carbocycles. The number of H-pyrrole nitrogens is 1. The van der Waals surface area contributed by atoms with Crippen LogP contribution in [0.2, 0.25) is 0 Å². The lowest BCUT2D eigenvalue weighted by molar-refractivity contribution is 0.152. The third-order valence-electron chi connectivity index (χ3n) is 1.72. The van der Waals surface area contributed by atoms with E-state index in [2.05, 4.69) is 15.2 Å². The maximum absolute atomic E-state index is 11.2. The number of hydrogen-bond acceptors (Lipinski definition) is 5. The molecule has 88 valence electrons. The smallest absolute Gasteiger partial charge is 0.407 e. The van der Waals surface area contributed by atoms with Crippen molar-refractivity contribution in [2.45, 2.75) is 13.5 Å². The second kappa shape index (κ2) is 5.69. The van der Waals surface area contributed by atoms with Crippen molar-refractivity contribution in [1.82, 2.24) is 20.1 Å². The van der Waals surface area contributed by atoms with E-state index in [9.17, 15) is 14.4 Å². The predicted molar refractivity (Wildman–Crippen MR) is 54.1 cm³/mol. The van der Waals surface area contributed by atoms with E-state index in [1.54, 1.807) is 6.92 Å². The zero-order valence-corrected chi connectivity index (χ0v) is 8.73. The van der Waals surface area contributed by atoms with Crippen LogP contribution in [0.5, 0.6) is 0 Å². The summed E-state index contributed by atoms with van der Waals surface area (Å²) in [5.41, 5.74) is -1.50. The molecule has 0 aliphatic heterocycles. The van der Waals surface area contributed by atoms with Gasteiger partial charge in [0.05, 0.1) is 6.61 Å². The van der Waals surface area contributed by atoms with Crippen LogP contribution in [0.15, 0.2) is 15.9 Å². The Kier molecular flexibility index (Phi) is 4.25. The highest BCUT2D eigenvalue weighted by molar-refractivity contribution is 5.66. The molecular weight excluding hydrogens is 216 g/mol. The van der Waals surface area contributed by atoms with Crippen LogP contribution in [-0.2, 0) is 11.3 Å². The van der Waals surface area contributed by atoms with E-state index < -0.39 is 17.2 Å². The Hall–Kier alpha value is -2.12. The molecule has 1 aromatic rings. The van der Waals surface area contributed by atoms with Crippen molar-refractivity contribution in [2.24, 2.45) is 0 Å². The first-order valence-electron chi connectivity index (χ1n) is 4.70. The molecule has 8 nitrogen and oxygen atoms in total. The largest absolute Gasteiger partial charge is 0.450 e. The minimum Gasteiger partial charge on any atom is -0.450 e. The van der Waals surface area contributed by atoms with Gasteiger partial charge in [-0.25, -0.2) is 9.89 Å². The number of carbonyl (C=O) groups excluding carboxylic acids is 1. The number of nitrogens with zero attached hydrogens (tertiary/aromatic N) is 2. The monoisotopic (exact) mass is 228 g/mol. The van der Waals surface area contributed by atoms with E-state index in [1.165, 1.54) is 6.33 Å². The highest BCUT2D eigenvalue weighted by Crippen LogP contribution is 1.77. The molecule has 0 spiro atoms. The summed E-state index contributed by atoms with van der Waals surface area (Å²) in [6.07, 6.45) is 0.629. The number of hydrogen-bond donors (Lipinski definition) is 2. The lowest BCUT2D eigenvalue weighted by Gasteiger charge is -2.05. The average Bonchev–Trinajstić information content (AvgIpc) is 2.25. The number of nitrogens with one attached hydrogen (secondary N) is 2. The molecule has 1 rings (SSSR count). The van der Waals surface area contributed by atoms with Gasteiger partial charge in [0.1, 0.15) is 6.33 Å². The molecule has 0 aromatic carbocycles. The molecule has 1 aromatic heterocycles. The topological polar surface area (TPSA) is 106 Å². The summed E-state index contributed by atoms with van der Waals surface area (Å²) < 4.78 is 5.72. The Morgan fingerprint density at radius 1 is 1.62 bits per heavy atom. The van der Waals surface area contributed by atoms with Gasteiger partial charge in [0.2, 0.25) is 0 Å². The van der Waals surface area contributed by atoms with Crippen LogP contribution in [0.25, 0.3) is 0 Å². The summed E-state index contributed by atoms with van der Waals surface area (Å²) in [4.78, 5) is 33.0. The molecule has 0 atom stereocenters. The van der Waals surface area contributed by atoms with E-state index in [1.807, 2.05) is 5.10 Å². The summed E-state index contributed by atoms with van der Waals surface area (Å²) in [6.45, 7) is 2.31. The number of carbonyl (C=O) groups is 1. The zero-order valence-electron chi connectivity index (χ0n) is 8.73.